The fourth-order valence-corrected chi connectivity index (χ4v) is 3.00. The molecule has 54 valence electrons. The highest BCUT2D eigenvalue weighted by atomic mass is 127. The molecule has 3 heteroatoms. The lowest BCUT2D eigenvalue weighted by Crippen LogP contribution is -1.85. The Morgan fingerprint density at radius 2 is 2.20 bits per heavy atom. The van der Waals surface area contributed by atoms with E-state index < -0.39 is 0 Å². The van der Waals surface area contributed by atoms with Gasteiger partial charge in [-0.25, -0.2) is 0 Å². The Bertz CT molecular complexity index is 237. The third-order valence-corrected chi connectivity index (χ3v) is 3.60. The van der Waals surface area contributed by atoms with Crippen LogP contribution < -0.4 is 0 Å². The van der Waals surface area contributed by atoms with Crippen LogP contribution in [-0.4, -0.2) is 10.2 Å². The molecule has 0 amide bonds. The van der Waals surface area contributed by atoms with E-state index >= 15 is 0 Å². The van der Waals surface area contributed by atoms with Gasteiger partial charge in [0.15, 0.2) is 0 Å². The van der Waals surface area contributed by atoms with Crippen molar-refractivity contribution >= 4 is 48.8 Å². The van der Waals surface area contributed by atoms with Crippen molar-refractivity contribution in [3.05, 3.63) is 31.8 Å². The molecule has 0 radical (unpaired) electrons. The fourth-order valence-electron chi connectivity index (χ4n) is 0.814. The Labute approximate surface area is 86.1 Å². The zero-order valence-electron chi connectivity index (χ0n) is 5.70. The van der Waals surface area contributed by atoms with Crippen LogP contribution in [0, 0.1) is 3.57 Å². The van der Waals surface area contributed by atoms with E-state index in [0.29, 0.717) is 0 Å². The summed E-state index contributed by atoms with van der Waals surface area (Å²) < 4.78 is 2.58. The van der Waals surface area contributed by atoms with Gasteiger partial charge in [-0.15, -0.1) is 0 Å². The van der Waals surface area contributed by atoms with Crippen LogP contribution in [0.15, 0.2) is 22.7 Å². The molecule has 0 aliphatic carbocycles. The van der Waals surface area contributed by atoms with Gasteiger partial charge in [-0.2, -0.15) is 0 Å². The van der Waals surface area contributed by atoms with Gasteiger partial charge in [0.2, 0.25) is 0 Å². The van der Waals surface area contributed by atoms with Crippen molar-refractivity contribution in [1.29, 1.82) is 0 Å². The molecule has 0 spiro atoms. The van der Waals surface area contributed by atoms with Gasteiger partial charge in [-0.1, -0.05) is 15.9 Å². The zero-order valence-corrected chi connectivity index (χ0v) is 11.4. The average Bonchev–Trinajstić information content (AvgIpc) is 1.94. The van der Waals surface area contributed by atoms with Crippen molar-refractivity contribution in [3.8, 4) is 0 Å². The highest BCUT2D eigenvalue weighted by Gasteiger charge is 1.95. The topological polar surface area (TPSA) is 0 Å². The second-order valence-electron chi connectivity index (χ2n) is 2.09. The largest absolute Gasteiger partial charge is 0.0505 e. The molecule has 0 saturated heterocycles. The first-order valence-corrected chi connectivity index (χ1v) is 6.46. The van der Waals surface area contributed by atoms with Crippen molar-refractivity contribution in [2.45, 2.75) is 6.04 Å². The van der Waals surface area contributed by atoms with E-state index in [1.807, 2.05) is 0 Å². The SMILES string of the molecule is [SiH3]Cc1cc(I)ccc1Br. The maximum absolute atomic E-state index is 3.51. The van der Waals surface area contributed by atoms with Crippen LogP contribution in [0.25, 0.3) is 0 Å². The normalized spacial score (nSPS) is 10.2. The van der Waals surface area contributed by atoms with Crippen LogP contribution in [0.2, 0.25) is 0 Å². The highest BCUT2D eigenvalue weighted by Crippen LogP contribution is 2.18. The molecular weight excluding hydrogens is 319 g/mol. The smallest absolute Gasteiger partial charge is 0.0204 e. The molecule has 0 saturated carbocycles. The lowest BCUT2D eigenvalue weighted by atomic mass is 10.2. The van der Waals surface area contributed by atoms with Gasteiger partial charge in [0, 0.05) is 18.3 Å². The Hall–Kier alpha value is 0.647. The van der Waals surface area contributed by atoms with E-state index in [1.165, 1.54) is 29.9 Å². The van der Waals surface area contributed by atoms with E-state index in [9.17, 15) is 0 Å². The van der Waals surface area contributed by atoms with Crippen molar-refractivity contribution in [2.75, 3.05) is 0 Å². The van der Waals surface area contributed by atoms with E-state index in [2.05, 4.69) is 56.7 Å². The Morgan fingerprint density at radius 3 is 2.70 bits per heavy atom. The Balaban J connectivity index is 3.09. The van der Waals surface area contributed by atoms with Gasteiger partial charge in [0.1, 0.15) is 0 Å². The van der Waals surface area contributed by atoms with Gasteiger partial charge in [-0.05, 0) is 52.4 Å². The van der Waals surface area contributed by atoms with Crippen LogP contribution in [-0.2, 0) is 6.04 Å². The van der Waals surface area contributed by atoms with E-state index in [0.717, 1.165) is 0 Å². The number of halogens is 2. The molecule has 0 bridgehead atoms. The molecule has 0 N–H and O–H groups in total. The number of benzene rings is 1. The average molecular weight is 327 g/mol. The summed E-state index contributed by atoms with van der Waals surface area (Å²) in [7, 11) is 1.24. The minimum atomic E-state index is 1.23. The van der Waals surface area contributed by atoms with Crippen molar-refractivity contribution in [2.24, 2.45) is 0 Å². The summed E-state index contributed by atoms with van der Waals surface area (Å²) in [5, 5.41) is 0. The molecular formula is C7H8BrISi. The molecule has 0 atom stereocenters. The van der Waals surface area contributed by atoms with Crippen molar-refractivity contribution < 1.29 is 0 Å². The molecule has 1 aromatic rings. The van der Waals surface area contributed by atoms with E-state index in [1.54, 1.807) is 0 Å². The van der Waals surface area contributed by atoms with E-state index in [4.69, 9.17) is 0 Å². The Kier molecular flexibility index (Phi) is 3.39. The molecule has 1 aromatic carbocycles. The minimum Gasteiger partial charge on any atom is -0.0505 e. The van der Waals surface area contributed by atoms with Crippen LogP contribution in [0.5, 0.6) is 0 Å². The number of hydrogen-bond donors (Lipinski definition) is 0. The fraction of sp³-hybridized carbons (Fsp3) is 0.143. The summed E-state index contributed by atoms with van der Waals surface area (Å²) in [4.78, 5) is 0. The molecule has 0 heterocycles. The number of rotatable bonds is 1. The molecule has 10 heavy (non-hydrogen) atoms. The lowest BCUT2D eigenvalue weighted by molar-refractivity contribution is 1.35. The minimum absolute atomic E-state index is 1.23. The maximum atomic E-state index is 3.51. The Morgan fingerprint density at radius 1 is 1.50 bits per heavy atom. The van der Waals surface area contributed by atoms with Crippen LogP contribution >= 0.6 is 38.5 Å². The van der Waals surface area contributed by atoms with Crippen LogP contribution in [0.1, 0.15) is 5.56 Å². The monoisotopic (exact) mass is 326 g/mol. The summed E-state index contributed by atoms with van der Waals surface area (Å²) in [6.45, 7) is 0. The van der Waals surface area contributed by atoms with Gasteiger partial charge in [-0.3, -0.25) is 0 Å². The third kappa shape index (κ3) is 2.07. The predicted octanol–water partition coefficient (Wildman–Crippen LogP) is 1.92. The van der Waals surface area contributed by atoms with E-state index in [-0.39, 0.29) is 0 Å². The summed E-state index contributed by atoms with van der Waals surface area (Å²) in [5.41, 5.74) is 1.44. The van der Waals surface area contributed by atoms with Crippen LogP contribution in [0.3, 0.4) is 0 Å². The maximum Gasteiger partial charge on any atom is 0.0204 e. The molecule has 0 aliphatic rings. The third-order valence-electron chi connectivity index (χ3n) is 1.39. The predicted molar refractivity (Wildman–Crippen MR) is 60.5 cm³/mol. The van der Waals surface area contributed by atoms with Gasteiger partial charge >= 0.3 is 0 Å². The molecule has 0 aliphatic heterocycles. The van der Waals surface area contributed by atoms with Crippen LogP contribution in [0.4, 0.5) is 0 Å². The number of hydrogen-bond acceptors (Lipinski definition) is 0. The zero-order chi connectivity index (χ0) is 7.56. The quantitative estimate of drug-likeness (QED) is 0.546. The first kappa shape index (κ1) is 8.74. The molecule has 0 fully saturated rings. The molecule has 0 aromatic heterocycles. The molecule has 1 rings (SSSR count). The van der Waals surface area contributed by atoms with Gasteiger partial charge < -0.3 is 0 Å². The first-order chi connectivity index (χ1) is 4.74. The summed E-state index contributed by atoms with van der Waals surface area (Å²) in [6, 6.07) is 7.70. The summed E-state index contributed by atoms with van der Waals surface area (Å²) >= 11 is 5.85. The highest BCUT2D eigenvalue weighted by molar-refractivity contribution is 14.1. The van der Waals surface area contributed by atoms with Crippen molar-refractivity contribution in [3.63, 3.8) is 0 Å². The molecule has 0 nitrogen and oxygen atoms in total. The second-order valence-corrected chi connectivity index (χ2v) is 4.90. The standard InChI is InChI=1S/C7H8BrISi/c8-7-2-1-6(9)3-5(7)4-10/h1-3H,4H2,10H3. The van der Waals surface area contributed by atoms with Crippen molar-refractivity contribution in [1.82, 2.24) is 0 Å². The second kappa shape index (κ2) is 3.87. The lowest BCUT2D eigenvalue weighted by Gasteiger charge is -1.99. The summed E-state index contributed by atoms with van der Waals surface area (Å²) in [6.07, 6.45) is 0. The molecule has 0 unspecified atom stereocenters. The van der Waals surface area contributed by atoms with Gasteiger partial charge in [0.05, 0.1) is 0 Å². The summed E-state index contributed by atoms with van der Waals surface area (Å²) in [5.74, 6) is 0. The van der Waals surface area contributed by atoms with Gasteiger partial charge in [0.25, 0.3) is 0 Å². The first-order valence-electron chi connectivity index (χ1n) is 3.18.